The van der Waals surface area contributed by atoms with Gasteiger partial charge >= 0.3 is 0 Å². The smallest absolute Gasteiger partial charge is 0.254 e. The minimum absolute atomic E-state index is 0.0208. The molecule has 1 aromatic carbocycles. The van der Waals surface area contributed by atoms with E-state index in [1.807, 2.05) is 30.3 Å². The summed E-state index contributed by atoms with van der Waals surface area (Å²) in [5.74, 6) is 0.744. The van der Waals surface area contributed by atoms with Crippen LogP contribution in [0.15, 0.2) is 35.1 Å². The lowest BCUT2D eigenvalue weighted by molar-refractivity contribution is 0.613. The van der Waals surface area contributed by atoms with Gasteiger partial charge in [0.25, 0.3) is 5.56 Å². The van der Waals surface area contributed by atoms with E-state index in [0.29, 0.717) is 13.0 Å². The normalized spacial score (nSPS) is 14.2. The van der Waals surface area contributed by atoms with Crippen molar-refractivity contribution in [2.75, 3.05) is 6.54 Å². The molecule has 0 amide bonds. The largest absolute Gasteiger partial charge is 0.311 e. The first kappa shape index (κ1) is 11.2. The quantitative estimate of drug-likeness (QED) is 0.825. The first-order valence-corrected chi connectivity index (χ1v) is 6.18. The fraction of sp³-hybridized carbons (Fsp3) is 0.286. The summed E-state index contributed by atoms with van der Waals surface area (Å²) in [6.07, 6.45) is 1.44. The number of nitrogens with one attached hydrogen (secondary N) is 2. The Bertz CT molecular complexity index is 604. The van der Waals surface area contributed by atoms with Gasteiger partial charge in [0.05, 0.1) is 5.69 Å². The van der Waals surface area contributed by atoms with Crippen molar-refractivity contribution in [2.45, 2.75) is 19.4 Å². The van der Waals surface area contributed by atoms with Crippen LogP contribution in [0, 0.1) is 0 Å². The lowest BCUT2D eigenvalue weighted by atomic mass is 10.1. The molecule has 0 radical (unpaired) electrons. The third kappa shape index (κ3) is 2.19. The molecule has 0 fully saturated rings. The molecule has 2 aromatic rings. The van der Waals surface area contributed by atoms with Crippen molar-refractivity contribution in [1.29, 1.82) is 0 Å². The number of hydrogen-bond acceptors (Lipinski definition) is 3. The molecule has 0 aliphatic carbocycles. The van der Waals surface area contributed by atoms with Crippen molar-refractivity contribution in [3.8, 4) is 0 Å². The van der Waals surface area contributed by atoms with E-state index in [1.54, 1.807) is 0 Å². The van der Waals surface area contributed by atoms with Crippen molar-refractivity contribution >= 4 is 0 Å². The molecule has 0 saturated carbocycles. The average molecular weight is 241 g/mol. The topological polar surface area (TPSA) is 57.8 Å². The maximum Gasteiger partial charge on any atom is 0.254 e. The van der Waals surface area contributed by atoms with E-state index in [9.17, 15) is 4.79 Å². The van der Waals surface area contributed by atoms with Gasteiger partial charge in [0.2, 0.25) is 0 Å². The summed E-state index contributed by atoms with van der Waals surface area (Å²) in [5.41, 5.74) is 2.92. The highest BCUT2D eigenvalue weighted by Crippen LogP contribution is 2.09. The molecule has 1 aliphatic heterocycles. The molecule has 4 heteroatoms. The van der Waals surface area contributed by atoms with Crippen LogP contribution in [0.25, 0.3) is 0 Å². The highest BCUT2D eigenvalue weighted by atomic mass is 16.1. The Morgan fingerprint density at radius 3 is 2.89 bits per heavy atom. The Morgan fingerprint density at radius 1 is 1.22 bits per heavy atom. The minimum Gasteiger partial charge on any atom is -0.311 e. The molecule has 2 N–H and O–H groups in total. The molecule has 0 unspecified atom stereocenters. The third-order valence-electron chi connectivity index (χ3n) is 3.21. The van der Waals surface area contributed by atoms with E-state index in [4.69, 9.17) is 0 Å². The SMILES string of the molecule is O=c1[nH]c(Cc2ccccc2)nc2c1CCNC2. The summed E-state index contributed by atoms with van der Waals surface area (Å²) in [6.45, 7) is 1.55. The van der Waals surface area contributed by atoms with E-state index >= 15 is 0 Å². The first-order valence-electron chi connectivity index (χ1n) is 6.18. The van der Waals surface area contributed by atoms with Crippen LogP contribution in [0.3, 0.4) is 0 Å². The fourth-order valence-corrected chi connectivity index (χ4v) is 2.29. The Kier molecular flexibility index (Phi) is 2.94. The number of nitrogens with zero attached hydrogens (tertiary/aromatic N) is 1. The molecular formula is C14H15N3O. The van der Waals surface area contributed by atoms with Crippen molar-refractivity contribution in [3.63, 3.8) is 0 Å². The molecule has 0 atom stereocenters. The lowest BCUT2D eigenvalue weighted by Gasteiger charge is -2.15. The zero-order valence-corrected chi connectivity index (χ0v) is 10.1. The predicted octanol–water partition coefficient (Wildman–Crippen LogP) is 1.01. The second-order valence-corrected chi connectivity index (χ2v) is 4.53. The Hall–Kier alpha value is -1.94. The van der Waals surface area contributed by atoms with Crippen molar-refractivity contribution in [3.05, 3.63) is 63.3 Å². The van der Waals surface area contributed by atoms with Gasteiger partial charge in [-0.3, -0.25) is 4.79 Å². The number of hydrogen-bond donors (Lipinski definition) is 2. The number of H-pyrrole nitrogens is 1. The lowest BCUT2D eigenvalue weighted by Crippen LogP contribution is -2.31. The molecule has 1 aromatic heterocycles. The number of rotatable bonds is 2. The summed E-state index contributed by atoms with van der Waals surface area (Å²) >= 11 is 0. The highest BCUT2D eigenvalue weighted by Gasteiger charge is 2.14. The second-order valence-electron chi connectivity index (χ2n) is 4.53. The Labute approximate surface area is 105 Å². The standard InChI is InChI=1S/C14H15N3O/c18-14-11-6-7-15-9-12(11)16-13(17-14)8-10-4-2-1-3-5-10/h1-5,15H,6-9H2,(H,16,17,18). The Morgan fingerprint density at radius 2 is 2.06 bits per heavy atom. The first-order chi connectivity index (χ1) is 8.83. The molecule has 18 heavy (non-hydrogen) atoms. The van der Waals surface area contributed by atoms with Crippen LogP contribution < -0.4 is 10.9 Å². The summed E-state index contributed by atoms with van der Waals surface area (Å²) in [7, 11) is 0. The van der Waals surface area contributed by atoms with Crippen molar-refractivity contribution in [2.24, 2.45) is 0 Å². The van der Waals surface area contributed by atoms with Gasteiger partial charge in [0, 0.05) is 18.5 Å². The van der Waals surface area contributed by atoms with E-state index in [2.05, 4.69) is 15.3 Å². The van der Waals surface area contributed by atoms with Crippen LogP contribution in [0.4, 0.5) is 0 Å². The molecule has 2 heterocycles. The molecule has 0 saturated heterocycles. The molecule has 0 bridgehead atoms. The maximum atomic E-state index is 12.0. The van der Waals surface area contributed by atoms with Gasteiger partial charge in [-0.2, -0.15) is 0 Å². The van der Waals surface area contributed by atoms with E-state index < -0.39 is 0 Å². The van der Waals surface area contributed by atoms with E-state index in [0.717, 1.165) is 35.6 Å². The number of aromatic nitrogens is 2. The average Bonchev–Trinajstić information content (AvgIpc) is 2.40. The summed E-state index contributed by atoms with van der Waals surface area (Å²) < 4.78 is 0. The van der Waals surface area contributed by atoms with Gasteiger partial charge in [-0.05, 0) is 18.5 Å². The Balaban J connectivity index is 1.94. The zero-order chi connectivity index (χ0) is 12.4. The maximum absolute atomic E-state index is 12.0. The zero-order valence-electron chi connectivity index (χ0n) is 10.1. The monoisotopic (exact) mass is 241 g/mol. The summed E-state index contributed by atoms with van der Waals surface area (Å²) in [6, 6.07) is 10.0. The van der Waals surface area contributed by atoms with Crippen LogP contribution in [0.2, 0.25) is 0 Å². The van der Waals surface area contributed by atoms with Gasteiger partial charge in [-0.1, -0.05) is 30.3 Å². The summed E-state index contributed by atoms with van der Waals surface area (Å²) in [4.78, 5) is 19.4. The van der Waals surface area contributed by atoms with Crippen molar-refractivity contribution < 1.29 is 0 Å². The molecule has 92 valence electrons. The molecule has 0 spiro atoms. The second kappa shape index (κ2) is 4.74. The third-order valence-corrected chi connectivity index (χ3v) is 3.21. The van der Waals surface area contributed by atoms with Crippen LogP contribution in [0.5, 0.6) is 0 Å². The highest BCUT2D eigenvalue weighted by molar-refractivity contribution is 5.24. The van der Waals surface area contributed by atoms with Gasteiger partial charge in [0.1, 0.15) is 5.82 Å². The van der Waals surface area contributed by atoms with Crippen LogP contribution in [-0.2, 0) is 19.4 Å². The fourth-order valence-electron chi connectivity index (χ4n) is 2.29. The van der Waals surface area contributed by atoms with E-state index in [1.165, 1.54) is 0 Å². The van der Waals surface area contributed by atoms with Gasteiger partial charge in [-0.25, -0.2) is 4.98 Å². The number of benzene rings is 1. The molecule has 1 aliphatic rings. The number of aromatic amines is 1. The molecular weight excluding hydrogens is 226 g/mol. The van der Waals surface area contributed by atoms with E-state index in [-0.39, 0.29) is 5.56 Å². The minimum atomic E-state index is 0.0208. The van der Waals surface area contributed by atoms with Crippen LogP contribution in [0.1, 0.15) is 22.6 Å². The molecule has 3 rings (SSSR count). The molecule has 4 nitrogen and oxygen atoms in total. The van der Waals surface area contributed by atoms with Crippen molar-refractivity contribution in [1.82, 2.24) is 15.3 Å². The number of fused-ring (bicyclic) bond motifs is 1. The van der Waals surface area contributed by atoms with Gasteiger partial charge in [0.15, 0.2) is 0 Å². The predicted molar refractivity (Wildman–Crippen MR) is 69.5 cm³/mol. The van der Waals surface area contributed by atoms with Gasteiger partial charge in [-0.15, -0.1) is 0 Å². The van der Waals surface area contributed by atoms with Gasteiger partial charge < -0.3 is 10.3 Å². The van der Waals surface area contributed by atoms with Crippen LogP contribution >= 0.6 is 0 Å². The van der Waals surface area contributed by atoms with Crippen LogP contribution in [-0.4, -0.2) is 16.5 Å². The summed E-state index contributed by atoms with van der Waals surface area (Å²) in [5, 5.41) is 3.24.